The number of rotatable bonds is 1. The van der Waals surface area contributed by atoms with Crippen LogP contribution in [0.2, 0.25) is 0 Å². The maximum absolute atomic E-state index is 7.83. The van der Waals surface area contributed by atoms with E-state index in [0.717, 1.165) is 11.1 Å². The molecule has 0 radical (unpaired) electrons. The summed E-state index contributed by atoms with van der Waals surface area (Å²) in [6, 6.07) is 31.8. The van der Waals surface area contributed by atoms with Gasteiger partial charge >= 0.3 is 62.2 Å². The predicted molar refractivity (Wildman–Crippen MR) is 101 cm³/mol. The van der Waals surface area contributed by atoms with E-state index in [-0.39, 0.29) is 62.2 Å². The van der Waals surface area contributed by atoms with Crippen LogP contribution in [0, 0.1) is 88.2 Å². The fourth-order valence-electron chi connectivity index (χ4n) is 2.74. The van der Waals surface area contributed by atoms with Gasteiger partial charge in [0.25, 0.3) is 0 Å². The van der Waals surface area contributed by atoms with Crippen LogP contribution in [0.3, 0.4) is 0 Å². The third-order valence-corrected chi connectivity index (χ3v) is 3.69. The molecule has 1 N–H and O–H groups in total. The molecule has 3 heteroatoms. The second kappa shape index (κ2) is 11.3. The second-order valence-electron chi connectivity index (χ2n) is 5.53. The van der Waals surface area contributed by atoms with Crippen LogP contribution in [0.4, 0.5) is 0 Å². The molecule has 0 aliphatic heterocycles. The monoisotopic (exact) mass is 786 g/mol. The maximum Gasteiger partial charge on any atom is 2.00 e. The van der Waals surface area contributed by atoms with Gasteiger partial charge in [0.2, 0.25) is 0 Å². The second-order valence-corrected chi connectivity index (χ2v) is 5.53. The molecule has 0 saturated carbocycles. The number of fused-ring (bicyclic) bond motifs is 2. The Morgan fingerprint density at radius 1 is 0.654 bits per heavy atom. The first kappa shape index (κ1) is 23.5. The molecule has 0 unspecified atom stereocenters. The van der Waals surface area contributed by atoms with Crippen molar-refractivity contribution in [2.24, 2.45) is 0 Å². The standard InChI is InChI=1S/C20H12.C3H6O.2U/c1-3-11-17-15(7-1)9-5-13-19(17)20-14-6-10-16-8-2-4-12-18(16)20;1-3(2)4;;/h1-12H;3-4H,1-2H2;;/q2*-2;2*+2. The molecule has 0 saturated heterocycles. The van der Waals surface area contributed by atoms with Crippen LogP contribution in [0.5, 0.6) is 0 Å². The van der Waals surface area contributed by atoms with Gasteiger partial charge in [-0.05, 0) is 0 Å². The summed E-state index contributed by atoms with van der Waals surface area (Å²) in [5.74, 6) is 0. The fraction of sp³-hybridized carbons (Fsp3) is 0.0435. The largest absolute Gasteiger partial charge is 2.00 e. The molecule has 0 aromatic heterocycles. The molecule has 0 spiro atoms. The molecule has 124 valence electrons. The van der Waals surface area contributed by atoms with Crippen molar-refractivity contribution >= 4 is 21.5 Å². The number of hydrogen-bond donors (Lipinski definition) is 1. The van der Waals surface area contributed by atoms with E-state index < -0.39 is 6.10 Å². The first-order valence-electron chi connectivity index (χ1n) is 7.80. The van der Waals surface area contributed by atoms with Crippen LogP contribution in [0.1, 0.15) is 0 Å². The van der Waals surface area contributed by atoms with Gasteiger partial charge in [-0.3, -0.25) is 0 Å². The van der Waals surface area contributed by atoms with Gasteiger partial charge in [-0.2, -0.15) is 24.3 Å². The third-order valence-electron chi connectivity index (χ3n) is 3.69. The molecule has 0 aliphatic rings. The Morgan fingerprint density at radius 2 is 1.00 bits per heavy atom. The van der Waals surface area contributed by atoms with E-state index in [1.165, 1.54) is 21.5 Å². The topological polar surface area (TPSA) is 20.2 Å². The Labute approximate surface area is 203 Å². The summed E-state index contributed by atoms with van der Waals surface area (Å²) >= 11 is 0. The van der Waals surface area contributed by atoms with Crippen molar-refractivity contribution in [2.75, 3.05) is 0 Å². The van der Waals surface area contributed by atoms with Crippen LogP contribution < -0.4 is 0 Å². The summed E-state index contributed by atoms with van der Waals surface area (Å²) in [5, 5.41) is 12.8. The number of hydrogen-bond acceptors (Lipinski definition) is 1. The van der Waals surface area contributed by atoms with Gasteiger partial charge in [-0.25, -0.2) is 17.2 Å². The van der Waals surface area contributed by atoms with Crippen LogP contribution in [-0.2, 0) is 0 Å². The van der Waals surface area contributed by atoms with Crippen molar-refractivity contribution in [1.29, 1.82) is 0 Å². The molecule has 0 aliphatic carbocycles. The number of benzene rings is 4. The van der Waals surface area contributed by atoms with E-state index in [1.54, 1.807) is 0 Å². The van der Waals surface area contributed by atoms with Crippen LogP contribution in [0.25, 0.3) is 32.7 Å². The Bertz CT molecular complexity index is 874. The predicted octanol–water partition coefficient (Wildman–Crippen LogP) is 5.28. The van der Waals surface area contributed by atoms with Crippen molar-refractivity contribution < 1.29 is 67.3 Å². The first-order valence-corrected chi connectivity index (χ1v) is 7.80. The molecular weight excluding hydrogens is 768 g/mol. The molecule has 26 heavy (non-hydrogen) atoms. The van der Waals surface area contributed by atoms with Gasteiger partial charge in [0.15, 0.2) is 0 Å². The fourth-order valence-corrected chi connectivity index (χ4v) is 2.74. The van der Waals surface area contributed by atoms with E-state index in [2.05, 4.69) is 86.6 Å². The van der Waals surface area contributed by atoms with Gasteiger partial charge in [0.05, 0.1) is 0 Å². The van der Waals surface area contributed by atoms with Gasteiger partial charge in [-0.15, -0.1) is 45.8 Å². The van der Waals surface area contributed by atoms with Crippen LogP contribution in [0.15, 0.2) is 72.8 Å². The van der Waals surface area contributed by atoms with E-state index >= 15 is 0 Å². The normalized spacial score (nSPS) is 9.85. The maximum atomic E-state index is 7.83. The van der Waals surface area contributed by atoms with Gasteiger partial charge in [0, 0.05) is 0 Å². The molecule has 0 bridgehead atoms. The molecule has 0 amide bonds. The zero-order valence-electron chi connectivity index (χ0n) is 14.4. The molecule has 4 rings (SSSR count). The van der Waals surface area contributed by atoms with E-state index in [1.807, 2.05) is 12.1 Å². The van der Waals surface area contributed by atoms with Crippen molar-refractivity contribution in [3.05, 3.63) is 98.8 Å². The van der Waals surface area contributed by atoms with Gasteiger partial charge in [0.1, 0.15) is 0 Å². The van der Waals surface area contributed by atoms with E-state index in [4.69, 9.17) is 5.11 Å². The number of aliphatic hydroxyl groups excluding tert-OH is 1. The molecule has 0 fully saturated rings. The van der Waals surface area contributed by atoms with E-state index in [9.17, 15) is 0 Å². The zero-order valence-corrected chi connectivity index (χ0v) is 22.7. The molecular formula is C23H18OU2. The molecule has 4 aromatic carbocycles. The zero-order chi connectivity index (χ0) is 16.9. The quantitative estimate of drug-likeness (QED) is 0.261. The Kier molecular flexibility index (Phi) is 10.3. The minimum absolute atomic E-state index is 0. The minimum atomic E-state index is -0.667. The Hall–Kier alpha value is -0.536. The molecule has 0 heterocycles. The first-order chi connectivity index (χ1) is 11.7. The molecule has 0 atom stereocenters. The van der Waals surface area contributed by atoms with Crippen molar-refractivity contribution in [3.63, 3.8) is 0 Å². The van der Waals surface area contributed by atoms with Crippen molar-refractivity contribution in [2.45, 2.75) is 6.10 Å². The summed E-state index contributed by atoms with van der Waals surface area (Å²) in [7, 11) is 0. The van der Waals surface area contributed by atoms with Gasteiger partial charge in [-0.1, -0.05) is 36.4 Å². The summed E-state index contributed by atoms with van der Waals surface area (Å²) in [6.45, 7) is 6.17. The average Bonchev–Trinajstić information content (AvgIpc) is 2.60. The minimum Gasteiger partial charge on any atom is -0.456 e. The number of aliphatic hydroxyl groups is 1. The SMILES string of the molecule is [CH2-]C([CH2-])O.[U+2].[U+2].[c-]1ccc2ccccc2c1-c1[c-]ccc2ccccc12. The third kappa shape index (κ3) is 5.73. The van der Waals surface area contributed by atoms with Crippen molar-refractivity contribution in [1.82, 2.24) is 0 Å². The Balaban J connectivity index is 0.000000516. The summed E-state index contributed by atoms with van der Waals surface area (Å²) in [6.07, 6.45) is -0.667. The van der Waals surface area contributed by atoms with Gasteiger partial charge < -0.3 is 19.0 Å². The van der Waals surface area contributed by atoms with Crippen LogP contribution in [-0.4, -0.2) is 11.2 Å². The average molecular weight is 786 g/mol. The summed E-state index contributed by atoms with van der Waals surface area (Å²) < 4.78 is 0. The molecule has 4 aromatic rings. The van der Waals surface area contributed by atoms with E-state index in [0.29, 0.717) is 0 Å². The van der Waals surface area contributed by atoms with Crippen LogP contribution >= 0.6 is 0 Å². The Morgan fingerprint density at radius 3 is 1.38 bits per heavy atom. The molecule has 1 nitrogen and oxygen atoms in total. The smallest absolute Gasteiger partial charge is 0.456 e. The summed E-state index contributed by atoms with van der Waals surface area (Å²) in [5.41, 5.74) is 2.25. The summed E-state index contributed by atoms with van der Waals surface area (Å²) in [4.78, 5) is 0. The van der Waals surface area contributed by atoms with Crippen molar-refractivity contribution in [3.8, 4) is 11.1 Å².